The van der Waals surface area contributed by atoms with Crippen LogP contribution in [-0.4, -0.2) is 56.8 Å². The number of hydrogen-bond donors (Lipinski definition) is 1. The Hall–Kier alpha value is -3.16. The van der Waals surface area contributed by atoms with Gasteiger partial charge in [-0.2, -0.15) is 0 Å². The van der Waals surface area contributed by atoms with Crippen molar-refractivity contribution in [3.8, 4) is 0 Å². The molecular formula is C17H17N5O3. The van der Waals surface area contributed by atoms with Crippen molar-refractivity contribution in [3.63, 3.8) is 0 Å². The van der Waals surface area contributed by atoms with E-state index in [1.54, 1.807) is 17.3 Å². The van der Waals surface area contributed by atoms with E-state index in [1.807, 2.05) is 30.5 Å². The zero-order chi connectivity index (χ0) is 17.4. The minimum Gasteiger partial charge on any atom is -0.348 e. The molecule has 4 rings (SSSR count). The SMILES string of the molecule is O=C1CNC(=O)N1CC(=O)N1CCn2cccc2[C@H]1c1cccnc1. The summed E-state index contributed by atoms with van der Waals surface area (Å²) in [6, 6.07) is 6.88. The van der Waals surface area contributed by atoms with E-state index in [0.29, 0.717) is 13.1 Å². The fourth-order valence-electron chi connectivity index (χ4n) is 3.38. The monoisotopic (exact) mass is 339 g/mol. The van der Waals surface area contributed by atoms with Crippen molar-refractivity contribution < 1.29 is 14.4 Å². The summed E-state index contributed by atoms with van der Waals surface area (Å²) in [6.45, 7) is 0.873. The second kappa shape index (κ2) is 6.04. The fourth-order valence-corrected chi connectivity index (χ4v) is 3.38. The molecule has 1 atom stereocenters. The quantitative estimate of drug-likeness (QED) is 0.818. The smallest absolute Gasteiger partial charge is 0.325 e. The van der Waals surface area contributed by atoms with Gasteiger partial charge in [0.25, 0.3) is 5.91 Å². The van der Waals surface area contributed by atoms with Gasteiger partial charge >= 0.3 is 6.03 Å². The van der Waals surface area contributed by atoms with Gasteiger partial charge in [0.2, 0.25) is 5.91 Å². The van der Waals surface area contributed by atoms with Gasteiger partial charge in [-0.1, -0.05) is 6.07 Å². The highest BCUT2D eigenvalue weighted by Gasteiger charge is 2.36. The van der Waals surface area contributed by atoms with Crippen molar-refractivity contribution in [2.75, 3.05) is 19.6 Å². The lowest BCUT2D eigenvalue weighted by Gasteiger charge is -2.37. The largest absolute Gasteiger partial charge is 0.348 e. The Kier molecular flexibility index (Phi) is 3.72. The van der Waals surface area contributed by atoms with E-state index < -0.39 is 6.03 Å². The van der Waals surface area contributed by atoms with Crippen LogP contribution in [0, 0.1) is 0 Å². The first kappa shape index (κ1) is 15.4. The Morgan fingerprint density at radius 2 is 2.12 bits per heavy atom. The molecule has 2 aromatic heterocycles. The number of nitrogens with zero attached hydrogens (tertiary/aromatic N) is 4. The molecule has 0 aliphatic carbocycles. The lowest BCUT2D eigenvalue weighted by molar-refractivity contribution is -0.138. The van der Waals surface area contributed by atoms with E-state index >= 15 is 0 Å². The van der Waals surface area contributed by atoms with Crippen LogP contribution in [-0.2, 0) is 16.1 Å². The molecule has 0 saturated carbocycles. The molecular weight excluding hydrogens is 322 g/mol. The second-order valence-electron chi connectivity index (χ2n) is 6.04. The molecule has 0 aromatic carbocycles. The Balaban J connectivity index is 1.64. The molecule has 8 heteroatoms. The van der Waals surface area contributed by atoms with Crippen molar-refractivity contribution in [1.29, 1.82) is 0 Å². The summed E-state index contributed by atoms with van der Waals surface area (Å²) < 4.78 is 2.11. The number of fused-ring (bicyclic) bond motifs is 1. The highest BCUT2D eigenvalue weighted by Crippen LogP contribution is 2.32. The molecule has 0 radical (unpaired) electrons. The maximum absolute atomic E-state index is 12.9. The van der Waals surface area contributed by atoms with Gasteiger partial charge < -0.3 is 14.8 Å². The maximum atomic E-state index is 12.9. The van der Waals surface area contributed by atoms with Crippen LogP contribution in [0.2, 0.25) is 0 Å². The summed E-state index contributed by atoms with van der Waals surface area (Å²) in [6.07, 6.45) is 5.41. The predicted molar refractivity (Wildman–Crippen MR) is 87.3 cm³/mol. The molecule has 8 nitrogen and oxygen atoms in total. The van der Waals surface area contributed by atoms with Crippen molar-refractivity contribution >= 4 is 17.8 Å². The van der Waals surface area contributed by atoms with Crippen molar-refractivity contribution in [1.82, 2.24) is 24.7 Å². The van der Waals surface area contributed by atoms with Gasteiger partial charge in [-0.15, -0.1) is 0 Å². The molecule has 0 unspecified atom stereocenters. The third-order valence-electron chi connectivity index (χ3n) is 4.59. The third-order valence-corrected chi connectivity index (χ3v) is 4.59. The van der Waals surface area contributed by atoms with Crippen LogP contribution in [0.1, 0.15) is 17.3 Å². The number of pyridine rings is 1. The molecule has 4 amide bonds. The van der Waals surface area contributed by atoms with Crippen molar-refractivity contribution in [2.24, 2.45) is 0 Å². The zero-order valence-electron chi connectivity index (χ0n) is 13.5. The number of aromatic nitrogens is 2. The van der Waals surface area contributed by atoms with E-state index in [0.717, 1.165) is 16.2 Å². The molecule has 1 saturated heterocycles. The Morgan fingerprint density at radius 3 is 2.84 bits per heavy atom. The first-order chi connectivity index (χ1) is 12.1. The molecule has 25 heavy (non-hydrogen) atoms. The number of carbonyl (C=O) groups is 3. The lowest BCUT2D eigenvalue weighted by Crippen LogP contribution is -2.48. The predicted octanol–water partition coefficient (Wildman–Crippen LogP) is 0.366. The number of rotatable bonds is 3. The van der Waals surface area contributed by atoms with Crippen LogP contribution in [0.15, 0.2) is 42.9 Å². The van der Waals surface area contributed by atoms with Crippen LogP contribution in [0.25, 0.3) is 0 Å². The Labute approximate surface area is 144 Å². The van der Waals surface area contributed by atoms with E-state index in [-0.39, 0.29) is 30.9 Å². The van der Waals surface area contributed by atoms with Crippen LogP contribution in [0.3, 0.4) is 0 Å². The molecule has 2 aliphatic rings. The van der Waals surface area contributed by atoms with Gasteiger partial charge in [0.05, 0.1) is 12.6 Å². The molecule has 0 spiro atoms. The minimum atomic E-state index is -0.517. The van der Waals surface area contributed by atoms with E-state index in [2.05, 4.69) is 14.9 Å². The minimum absolute atomic E-state index is 0.0546. The topological polar surface area (TPSA) is 87.5 Å². The molecule has 0 bridgehead atoms. The average molecular weight is 339 g/mol. The molecule has 128 valence electrons. The molecule has 2 aromatic rings. The van der Waals surface area contributed by atoms with Gasteiger partial charge in [0, 0.05) is 37.4 Å². The summed E-state index contributed by atoms with van der Waals surface area (Å²) in [4.78, 5) is 43.2. The molecule has 1 fully saturated rings. The lowest BCUT2D eigenvalue weighted by atomic mass is 10.0. The van der Waals surface area contributed by atoms with E-state index in [4.69, 9.17) is 0 Å². The van der Waals surface area contributed by atoms with Gasteiger partial charge in [0.15, 0.2) is 0 Å². The number of carbonyl (C=O) groups excluding carboxylic acids is 3. The first-order valence-electron chi connectivity index (χ1n) is 8.08. The number of nitrogens with one attached hydrogen (secondary N) is 1. The summed E-state index contributed by atoms with van der Waals surface area (Å²) in [5, 5.41) is 2.43. The zero-order valence-corrected chi connectivity index (χ0v) is 13.5. The third kappa shape index (κ3) is 2.65. The van der Waals surface area contributed by atoms with Crippen molar-refractivity contribution in [3.05, 3.63) is 54.1 Å². The fraction of sp³-hybridized carbons (Fsp3) is 0.294. The number of hydrogen-bond acceptors (Lipinski definition) is 4. The van der Waals surface area contributed by atoms with Crippen LogP contribution in [0.5, 0.6) is 0 Å². The second-order valence-corrected chi connectivity index (χ2v) is 6.04. The Morgan fingerprint density at radius 1 is 1.24 bits per heavy atom. The average Bonchev–Trinajstić information content (AvgIpc) is 3.23. The number of amides is 4. The van der Waals surface area contributed by atoms with Gasteiger partial charge in [0.1, 0.15) is 6.54 Å². The van der Waals surface area contributed by atoms with Gasteiger partial charge in [-0.25, -0.2) is 4.79 Å². The number of imide groups is 1. The molecule has 4 heterocycles. The van der Waals surface area contributed by atoms with Crippen LogP contribution < -0.4 is 5.32 Å². The van der Waals surface area contributed by atoms with Crippen LogP contribution >= 0.6 is 0 Å². The van der Waals surface area contributed by atoms with Crippen molar-refractivity contribution in [2.45, 2.75) is 12.6 Å². The van der Waals surface area contributed by atoms with Gasteiger partial charge in [-0.05, 0) is 23.8 Å². The highest BCUT2D eigenvalue weighted by atomic mass is 16.2. The van der Waals surface area contributed by atoms with E-state index in [9.17, 15) is 14.4 Å². The summed E-state index contributed by atoms with van der Waals surface area (Å²) in [7, 11) is 0. The highest BCUT2D eigenvalue weighted by molar-refractivity contribution is 6.04. The van der Waals surface area contributed by atoms with Crippen LogP contribution in [0.4, 0.5) is 4.79 Å². The summed E-state index contributed by atoms with van der Waals surface area (Å²) in [5.74, 6) is -0.636. The first-order valence-corrected chi connectivity index (χ1v) is 8.08. The molecule has 2 aliphatic heterocycles. The molecule has 1 N–H and O–H groups in total. The maximum Gasteiger partial charge on any atom is 0.325 e. The van der Waals surface area contributed by atoms with E-state index in [1.165, 1.54) is 0 Å². The standard InChI is InChI=1S/C17H17N5O3/c23-14-10-19-17(25)22(14)11-15(24)21-8-7-20-6-2-4-13(20)16(21)12-3-1-5-18-9-12/h1-6,9,16H,7-8,10-11H2,(H,19,25)/t16-/m1/s1. The normalized spacial score (nSPS) is 19.8. The summed E-state index contributed by atoms with van der Waals surface area (Å²) in [5.41, 5.74) is 1.89. The summed E-state index contributed by atoms with van der Waals surface area (Å²) >= 11 is 0. The van der Waals surface area contributed by atoms with Gasteiger partial charge in [-0.3, -0.25) is 19.5 Å². The number of urea groups is 1. The Bertz CT molecular complexity index is 816.